The maximum Gasteiger partial charge on any atom is 0.132 e. The molecule has 0 amide bonds. The van der Waals surface area contributed by atoms with E-state index in [1.54, 1.807) is 0 Å². The smallest absolute Gasteiger partial charge is 0.132 e. The fourth-order valence-corrected chi connectivity index (χ4v) is 5.20. The first kappa shape index (κ1) is 19.6. The Morgan fingerprint density at radius 3 is 2.00 bits per heavy atom. The monoisotopic (exact) mass is 334 g/mol. The van der Waals surface area contributed by atoms with Crippen molar-refractivity contribution in [1.82, 2.24) is 0 Å². The summed E-state index contributed by atoms with van der Waals surface area (Å²) in [6, 6.07) is 0. The lowest BCUT2D eigenvalue weighted by Gasteiger charge is -2.52. The second-order valence-corrected chi connectivity index (χ2v) is 11.5. The van der Waals surface area contributed by atoms with E-state index in [-0.39, 0.29) is 21.8 Å². The number of ether oxygens (including phenoxy) is 1. The molecule has 1 N–H and O–H groups in total. The van der Waals surface area contributed by atoms with Crippen LogP contribution in [0.4, 0.5) is 0 Å². The van der Waals surface area contributed by atoms with Gasteiger partial charge in [0.1, 0.15) is 11.4 Å². The number of hydrogen-bond acceptors (Lipinski definition) is 2. The highest BCUT2D eigenvalue weighted by Crippen LogP contribution is 2.55. The zero-order valence-electron chi connectivity index (χ0n) is 17.6. The van der Waals surface area contributed by atoms with Crippen molar-refractivity contribution in [2.24, 2.45) is 16.2 Å². The predicted molar refractivity (Wildman–Crippen MR) is 102 cm³/mol. The van der Waals surface area contributed by atoms with E-state index < -0.39 is 5.60 Å². The molecule has 0 aromatic heterocycles. The van der Waals surface area contributed by atoms with Crippen molar-refractivity contribution in [3.05, 3.63) is 23.0 Å². The summed E-state index contributed by atoms with van der Waals surface area (Å²) in [6.07, 6.45) is 4.83. The molecule has 24 heavy (non-hydrogen) atoms. The van der Waals surface area contributed by atoms with E-state index >= 15 is 0 Å². The largest absolute Gasteiger partial charge is 0.483 e. The fourth-order valence-electron chi connectivity index (χ4n) is 5.20. The van der Waals surface area contributed by atoms with Gasteiger partial charge in [0.25, 0.3) is 0 Å². The van der Waals surface area contributed by atoms with Crippen molar-refractivity contribution in [2.75, 3.05) is 0 Å². The van der Waals surface area contributed by atoms with Crippen LogP contribution in [0.5, 0.6) is 0 Å². The second-order valence-electron chi connectivity index (χ2n) is 11.5. The Morgan fingerprint density at radius 2 is 1.54 bits per heavy atom. The Morgan fingerprint density at radius 1 is 1.00 bits per heavy atom. The quantitative estimate of drug-likeness (QED) is 0.685. The van der Waals surface area contributed by atoms with Crippen LogP contribution in [0.25, 0.3) is 0 Å². The summed E-state index contributed by atoms with van der Waals surface area (Å²) in [4.78, 5) is 0. The molecule has 1 aliphatic heterocycles. The summed E-state index contributed by atoms with van der Waals surface area (Å²) in [5.74, 6) is 1.00. The lowest BCUT2D eigenvalue weighted by molar-refractivity contribution is -0.0525. The van der Waals surface area contributed by atoms with Gasteiger partial charge in [-0.05, 0) is 54.6 Å². The average Bonchev–Trinajstić information content (AvgIpc) is 2.24. The third-order valence-corrected chi connectivity index (χ3v) is 5.22. The minimum absolute atomic E-state index is 0.0559. The van der Waals surface area contributed by atoms with E-state index in [2.05, 4.69) is 68.4 Å². The highest BCUT2D eigenvalue weighted by atomic mass is 16.5. The van der Waals surface area contributed by atoms with Crippen molar-refractivity contribution in [1.29, 1.82) is 0 Å². The molecule has 2 aliphatic rings. The summed E-state index contributed by atoms with van der Waals surface area (Å²) in [5, 5.41) is 11.3. The Labute approximate surface area is 149 Å². The van der Waals surface area contributed by atoms with Crippen LogP contribution in [0, 0.1) is 16.2 Å². The first-order valence-electron chi connectivity index (χ1n) is 9.33. The van der Waals surface area contributed by atoms with Crippen LogP contribution in [0.1, 0.15) is 88.5 Å². The molecule has 0 radical (unpaired) electrons. The van der Waals surface area contributed by atoms with Crippen LogP contribution in [0.3, 0.4) is 0 Å². The molecule has 1 aliphatic carbocycles. The van der Waals surface area contributed by atoms with Crippen molar-refractivity contribution in [2.45, 2.75) is 99.7 Å². The van der Waals surface area contributed by atoms with Gasteiger partial charge in [-0.2, -0.15) is 0 Å². The standard InChI is InChI=1S/C22H38O2/c1-18(2,3)13-20(7,8)17-11-16-15(12-21(17,9)23)22(10,24-16)14-19(4,5)6/h11,23H,12-14H2,1-10H3. The zero-order valence-corrected chi connectivity index (χ0v) is 17.6. The Hall–Kier alpha value is -0.760. The molecule has 0 aromatic carbocycles. The first-order chi connectivity index (χ1) is 10.5. The molecular formula is C22H38O2. The number of rotatable bonds is 3. The number of allylic oxidation sites excluding steroid dienone is 1. The van der Waals surface area contributed by atoms with Gasteiger partial charge in [0.2, 0.25) is 0 Å². The third kappa shape index (κ3) is 3.90. The molecular weight excluding hydrogens is 296 g/mol. The highest BCUT2D eigenvalue weighted by molar-refractivity contribution is 5.47. The molecule has 138 valence electrons. The minimum Gasteiger partial charge on any atom is -0.483 e. The first-order valence-corrected chi connectivity index (χ1v) is 9.33. The van der Waals surface area contributed by atoms with Crippen molar-refractivity contribution in [3.63, 3.8) is 0 Å². The van der Waals surface area contributed by atoms with E-state index in [1.165, 1.54) is 5.57 Å². The summed E-state index contributed by atoms with van der Waals surface area (Å²) < 4.78 is 6.25. The molecule has 2 rings (SSSR count). The van der Waals surface area contributed by atoms with Crippen LogP contribution in [0.2, 0.25) is 0 Å². The van der Waals surface area contributed by atoms with Gasteiger partial charge in [-0.25, -0.2) is 0 Å². The van der Waals surface area contributed by atoms with Crippen LogP contribution in [-0.4, -0.2) is 16.3 Å². The van der Waals surface area contributed by atoms with Gasteiger partial charge in [0, 0.05) is 12.0 Å². The van der Waals surface area contributed by atoms with Gasteiger partial charge in [-0.1, -0.05) is 55.4 Å². The minimum atomic E-state index is -0.795. The molecule has 2 heteroatoms. The SMILES string of the molecule is CC(C)(C)CC(C)(C)C1=CC2=C(CC1(C)O)C(C)(CC(C)(C)C)O2. The maximum absolute atomic E-state index is 11.3. The molecule has 2 unspecified atom stereocenters. The van der Waals surface area contributed by atoms with E-state index in [0.717, 1.165) is 24.2 Å². The summed E-state index contributed by atoms with van der Waals surface area (Å²) >= 11 is 0. The van der Waals surface area contributed by atoms with Crippen LogP contribution in [0.15, 0.2) is 23.0 Å². The molecule has 0 spiro atoms. The van der Waals surface area contributed by atoms with Gasteiger partial charge in [0.05, 0.1) is 5.60 Å². The zero-order chi connectivity index (χ0) is 18.8. The van der Waals surface area contributed by atoms with E-state index in [9.17, 15) is 5.11 Å². The lowest BCUT2D eigenvalue weighted by Crippen LogP contribution is -2.50. The normalized spacial score (nSPS) is 31.2. The van der Waals surface area contributed by atoms with Crippen LogP contribution < -0.4 is 0 Å². The van der Waals surface area contributed by atoms with Gasteiger partial charge >= 0.3 is 0 Å². The number of aliphatic hydroxyl groups is 1. The predicted octanol–water partition coefficient (Wildman–Crippen LogP) is 6.01. The summed E-state index contributed by atoms with van der Waals surface area (Å²) in [7, 11) is 0. The second kappa shape index (κ2) is 5.37. The Kier molecular flexibility index (Phi) is 4.37. The molecule has 0 saturated carbocycles. The van der Waals surface area contributed by atoms with Gasteiger partial charge in [-0.15, -0.1) is 0 Å². The fraction of sp³-hybridized carbons (Fsp3) is 0.818. The topological polar surface area (TPSA) is 29.5 Å². The van der Waals surface area contributed by atoms with E-state index in [4.69, 9.17) is 4.74 Å². The Balaban J connectivity index is 2.36. The molecule has 2 nitrogen and oxygen atoms in total. The average molecular weight is 335 g/mol. The lowest BCUT2D eigenvalue weighted by atomic mass is 9.62. The highest BCUT2D eigenvalue weighted by Gasteiger charge is 2.52. The van der Waals surface area contributed by atoms with Gasteiger partial charge < -0.3 is 9.84 Å². The van der Waals surface area contributed by atoms with E-state index in [1.807, 2.05) is 6.92 Å². The van der Waals surface area contributed by atoms with Gasteiger partial charge in [-0.3, -0.25) is 0 Å². The summed E-state index contributed by atoms with van der Waals surface area (Å²) in [5.41, 5.74) is 1.74. The third-order valence-electron chi connectivity index (χ3n) is 5.22. The summed E-state index contributed by atoms with van der Waals surface area (Å²) in [6.45, 7) is 22.2. The molecule has 2 atom stereocenters. The van der Waals surface area contributed by atoms with Crippen LogP contribution >= 0.6 is 0 Å². The molecule has 0 saturated heterocycles. The van der Waals surface area contributed by atoms with E-state index in [0.29, 0.717) is 6.42 Å². The number of hydrogen-bond donors (Lipinski definition) is 1. The molecule has 1 heterocycles. The Bertz CT molecular complexity index is 576. The molecule has 0 fully saturated rings. The van der Waals surface area contributed by atoms with Gasteiger partial charge in [0.15, 0.2) is 0 Å². The van der Waals surface area contributed by atoms with Crippen molar-refractivity contribution in [3.8, 4) is 0 Å². The maximum atomic E-state index is 11.3. The molecule has 0 bridgehead atoms. The van der Waals surface area contributed by atoms with Crippen molar-refractivity contribution >= 4 is 0 Å². The van der Waals surface area contributed by atoms with Crippen molar-refractivity contribution < 1.29 is 9.84 Å². The molecule has 0 aromatic rings. The van der Waals surface area contributed by atoms with Crippen LogP contribution in [-0.2, 0) is 4.74 Å².